The summed E-state index contributed by atoms with van der Waals surface area (Å²) >= 11 is 0. The summed E-state index contributed by atoms with van der Waals surface area (Å²) in [7, 11) is 0. The molecule has 0 aromatic heterocycles. The number of rotatable bonds is 59. The molecule has 0 fully saturated rings. The maximum atomic E-state index is 14.1. The molecule has 0 rings (SSSR count). The van der Waals surface area contributed by atoms with Gasteiger partial charge in [-0.15, -0.1) is 0 Å². The van der Waals surface area contributed by atoms with E-state index < -0.39 is 5.41 Å². The molecule has 11 heteroatoms. The van der Waals surface area contributed by atoms with Crippen molar-refractivity contribution in [3.05, 3.63) is 0 Å². The highest BCUT2D eigenvalue weighted by Gasteiger charge is 2.44. The number of hydrogen-bond donors (Lipinski definition) is 4. The average molecular weight is 1100 g/mol. The topological polar surface area (TPSA) is 145 Å². The van der Waals surface area contributed by atoms with E-state index in [9.17, 15) is 14.7 Å². The van der Waals surface area contributed by atoms with Crippen LogP contribution < -0.4 is 10.6 Å². The molecule has 2 amide bonds. The van der Waals surface area contributed by atoms with Crippen LogP contribution in [0.3, 0.4) is 0 Å². The Morgan fingerprint density at radius 3 is 0.872 bits per heavy atom. The van der Waals surface area contributed by atoms with Crippen LogP contribution in [0.2, 0.25) is 0 Å². The Morgan fingerprint density at radius 1 is 0.321 bits per heavy atom. The smallest absolute Gasteiger partial charge is 0.235 e. The summed E-state index contributed by atoms with van der Waals surface area (Å²) in [6, 6.07) is 0. The zero-order valence-corrected chi connectivity index (χ0v) is 50.4. The lowest BCUT2D eigenvalue weighted by Crippen LogP contribution is -2.52. The zero-order valence-electron chi connectivity index (χ0n) is 50.4. The van der Waals surface area contributed by atoms with E-state index in [-0.39, 0.29) is 38.1 Å². The molecule has 0 atom stereocenters. The van der Waals surface area contributed by atoms with Crippen LogP contribution in [0.1, 0.15) is 271 Å². The van der Waals surface area contributed by atoms with Crippen molar-refractivity contribution >= 4 is 11.8 Å². The van der Waals surface area contributed by atoms with Crippen LogP contribution in [0.15, 0.2) is 0 Å². The lowest BCUT2D eigenvalue weighted by Gasteiger charge is -2.31. The van der Waals surface area contributed by atoms with E-state index in [0.29, 0.717) is 78.9 Å². The van der Waals surface area contributed by atoms with Gasteiger partial charge in [-0.3, -0.25) is 9.59 Å². The third-order valence-corrected chi connectivity index (χ3v) is 14.1. The molecule has 0 saturated heterocycles. The third-order valence-electron chi connectivity index (χ3n) is 14.1. The van der Waals surface area contributed by atoms with E-state index in [1.807, 2.05) is 0 Å². The summed E-state index contributed by atoms with van der Waals surface area (Å²) in [6.07, 6.45) is 46.0. The maximum Gasteiger partial charge on any atom is 0.235 e. The van der Waals surface area contributed by atoms with Crippen LogP contribution in [-0.2, 0) is 33.3 Å². The van der Waals surface area contributed by atoms with Crippen molar-refractivity contribution in [1.29, 1.82) is 0 Å². The van der Waals surface area contributed by atoms with Crippen LogP contribution in [-0.4, -0.2) is 114 Å². The number of aliphatic hydroxyl groups is 2. The number of aliphatic hydroxyl groups excluding tert-OH is 2. The highest BCUT2D eigenvalue weighted by molar-refractivity contribution is 6.05. The van der Waals surface area contributed by atoms with Crippen molar-refractivity contribution in [2.24, 2.45) is 5.41 Å². The van der Waals surface area contributed by atoms with E-state index in [1.165, 1.54) is 128 Å². The Bertz CT molecular complexity index is 1480. The summed E-state index contributed by atoms with van der Waals surface area (Å²) in [5.74, 6) is 24.6. The van der Waals surface area contributed by atoms with Crippen LogP contribution in [0.25, 0.3) is 0 Å². The molecule has 0 spiro atoms. The van der Waals surface area contributed by atoms with Crippen molar-refractivity contribution in [1.82, 2.24) is 10.6 Å². The molecule has 0 aromatic carbocycles. The lowest BCUT2D eigenvalue weighted by atomic mass is 9.75. The molecule has 0 saturated carbocycles. The van der Waals surface area contributed by atoms with E-state index in [0.717, 1.165) is 116 Å². The Morgan fingerprint density at radius 2 is 0.577 bits per heavy atom. The van der Waals surface area contributed by atoms with Gasteiger partial charge >= 0.3 is 0 Å². The molecule has 0 radical (unpaired) electrons. The van der Waals surface area contributed by atoms with E-state index in [1.54, 1.807) is 0 Å². The fourth-order valence-corrected chi connectivity index (χ4v) is 9.35. The van der Waals surface area contributed by atoms with Gasteiger partial charge in [0.2, 0.25) is 11.8 Å². The molecule has 0 aliphatic heterocycles. The van der Waals surface area contributed by atoms with Crippen molar-refractivity contribution in [3.8, 4) is 47.4 Å². The summed E-state index contributed by atoms with van der Waals surface area (Å²) in [5, 5.41) is 24.3. The van der Waals surface area contributed by atoms with Crippen LogP contribution in [0, 0.1) is 52.8 Å². The van der Waals surface area contributed by atoms with Gasteiger partial charge in [0.15, 0.2) is 0 Å². The van der Waals surface area contributed by atoms with Crippen LogP contribution in [0.5, 0.6) is 0 Å². The zero-order chi connectivity index (χ0) is 56.4. The average Bonchev–Trinajstić information content (AvgIpc) is 3.46. The number of hydrogen-bond acceptors (Lipinski definition) is 9. The predicted molar refractivity (Wildman–Crippen MR) is 324 cm³/mol. The van der Waals surface area contributed by atoms with Crippen molar-refractivity contribution < 1.29 is 43.5 Å². The molecule has 0 heterocycles. The molecule has 0 bridgehead atoms. The molecule has 0 unspecified atom stereocenters. The predicted octanol–water partition coefficient (Wildman–Crippen LogP) is 13.9. The van der Waals surface area contributed by atoms with E-state index in [2.05, 4.69) is 71.8 Å². The second-order valence-electron chi connectivity index (χ2n) is 21.1. The SMILES string of the molecule is CCCCCCCCCCCCC#CC#CCCCCCCCCCC(CCCCCCCCCC#CC#CCCCCCCCCCCCC)(C(=O)NCCO)C(=O)NCCOCCOCCOCCOCCOCCO. The lowest BCUT2D eigenvalue weighted by molar-refractivity contribution is -0.145. The Hall–Kier alpha value is -3.10. The minimum Gasteiger partial charge on any atom is -0.395 e. The number of unbranched alkanes of at least 4 members (excludes halogenated alkanes) is 34. The van der Waals surface area contributed by atoms with E-state index >= 15 is 0 Å². The van der Waals surface area contributed by atoms with Crippen molar-refractivity contribution in [2.45, 2.75) is 271 Å². The first-order valence-electron chi connectivity index (χ1n) is 32.2. The number of amides is 2. The van der Waals surface area contributed by atoms with Crippen molar-refractivity contribution in [2.75, 3.05) is 92.4 Å². The first-order chi connectivity index (χ1) is 38.6. The van der Waals surface area contributed by atoms with Gasteiger partial charge in [0.25, 0.3) is 0 Å². The molecular weight excluding hydrogens is 977 g/mol. The van der Waals surface area contributed by atoms with Crippen LogP contribution in [0.4, 0.5) is 0 Å². The quantitative estimate of drug-likeness (QED) is 0.0266. The fraction of sp³-hybridized carbons (Fsp3) is 0.851. The van der Waals surface area contributed by atoms with Gasteiger partial charge in [-0.1, -0.05) is 230 Å². The summed E-state index contributed by atoms with van der Waals surface area (Å²) in [4.78, 5) is 28.1. The Labute approximate surface area is 479 Å². The highest BCUT2D eigenvalue weighted by atomic mass is 16.6. The van der Waals surface area contributed by atoms with Gasteiger partial charge in [0.1, 0.15) is 5.41 Å². The minimum absolute atomic E-state index is 0.00349. The molecule has 0 aromatic rings. The first-order valence-corrected chi connectivity index (χ1v) is 32.2. The van der Waals surface area contributed by atoms with Gasteiger partial charge in [-0.2, -0.15) is 0 Å². The number of nitrogens with one attached hydrogen (secondary N) is 2. The Balaban J connectivity index is 4.82. The second kappa shape index (κ2) is 64.7. The minimum atomic E-state index is -1.21. The second-order valence-corrected chi connectivity index (χ2v) is 21.1. The van der Waals surface area contributed by atoms with Gasteiger partial charge in [-0.05, 0) is 62.2 Å². The largest absolute Gasteiger partial charge is 0.395 e. The molecular formula is C67H118N2O9. The van der Waals surface area contributed by atoms with E-state index in [4.69, 9.17) is 28.8 Å². The van der Waals surface area contributed by atoms with Gasteiger partial charge in [0.05, 0.1) is 79.3 Å². The molecule has 0 aliphatic rings. The highest BCUT2D eigenvalue weighted by Crippen LogP contribution is 2.33. The normalized spacial score (nSPS) is 11.0. The third kappa shape index (κ3) is 53.5. The maximum absolute atomic E-state index is 14.1. The molecule has 78 heavy (non-hydrogen) atoms. The monoisotopic (exact) mass is 1090 g/mol. The molecule has 450 valence electrons. The number of carbonyl (C=O) groups excluding carboxylic acids is 2. The summed E-state index contributed by atoms with van der Waals surface area (Å²) < 4.78 is 27.5. The fourth-order valence-electron chi connectivity index (χ4n) is 9.35. The molecule has 11 nitrogen and oxygen atoms in total. The van der Waals surface area contributed by atoms with Crippen molar-refractivity contribution in [3.63, 3.8) is 0 Å². The Kier molecular flexibility index (Phi) is 62.1. The first kappa shape index (κ1) is 74.9. The standard InChI is InChI=1S/C67H118N2O9/c1-3-5-7-9-11-13-15-17-19-21-23-25-27-29-31-33-35-37-39-41-43-45-47-49-67(65(72)68-51-53-70,66(73)69-52-55-74-57-59-76-61-63-78-64-62-77-60-58-75-56-54-71)50-48-46-44-42-40-38-36-34-32-30-28-26-24-22-20-18-16-14-12-10-8-6-4-2/h70-71H,3-24,33-64H2,1-2H3,(H,68,72)(H,69,73). The number of ether oxygens (including phenoxy) is 5. The summed E-state index contributed by atoms with van der Waals surface area (Å²) in [6.45, 7) is 8.84. The molecule has 0 aliphatic carbocycles. The van der Waals surface area contributed by atoms with Gasteiger partial charge in [-0.25, -0.2) is 0 Å². The van der Waals surface area contributed by atoms with Gasteiger partial charge < -0.3 is 44.5 Å². The summed E-state index contributed by atoms with van der Waals surface area (Å²) in [5.41, 5.74) is -1.21. The molecule has 4 N–H and O–H groups in total. The van der Waals surface area contributed by atoms with Gasteiger partial charge in [0, 0.05) is 38.8 Å². The van der Waals surface area contributed by atoms with Crippen LogP contribution >= 0.6 is 0 Å². The number of carbonyl (C=O) groups is 2.